The zero-order valence-electron chi connectivity index (χ0n) is 12.2. The highest BCUT2D eigenvalue weighted by Crippen LogP contribution is 2.22. The van der Waals surface area contributed by atoms with Crippen molar-refractivity contribution < 1.29 is 18.3 Å². The van der Waals surface area contributed by atoms with Gasteiger partial charge in [-0.2, -0.15) is 18.3 Å². The minimum absolute atomic E-state index is 0.335. The predicted octanol–water partition coefficient (Wildman–Crippen LogP) is 2.27. The van der Waals surface area contributed by atoms with E-state index in [1.807, 2.05) is 0 Å². The fourth-order valence-corrected chi connectivity index (χ4v) is 2.66. The monoisotopic (exact) mass is 325 g/mol. The van der Waals surface area contributed by atoms with Crippen molar-refractivity contribution in [3.63, 3.8) is 0 Å². The summed E-state index contributed by atoms with van der Waals surface area (Å²) in [6.07, 6.45) is -7.56. The van der Waals surface area contributed by atoms with Crippen LogP contribution >= 0.6 is 0 Å². The lowest BCUT2D eigenvalue weighted by Gasteiger charge is -2.16. The second kappa shape index (κ2) is 5.38. The molecule has 0 amide bonds. The van der Waals surface area contributed by atoms with Crippen LogP contribution in [0.15, 0.2) is 35.1 Å². The van der Waals surface area contributed by atoms with Crippen molar-refractivity contribution >= 4 is 16.6 Å². The average molecular weight is 325 g/mol. The number of aryl methyl sites for hydroxylation is 1. The minimum Gasteiger partial charge on any atom is -0.391 e. The van der Waals surface area contributed by atoms with Crippen molar-refractivity contribution in [2.45, 2.75) is 32.2 Å². The van der Waals surface area contributed by atoms with Gasteiger partial charge in [0.15, 0.2) is 0 Å². The van der Waals surface area contributed by atoms with E-state index in [-0.39, 0.29) is 0 Å². The molecule has 3 rings (SSSR count). The summed E-state index contributed by atoms with van der Waals surface area (Å²) in [6, 6.07) is 8.32. The topological polar surface area (TPSA) is 59.5 Å². The zero-order valence-corrected chi connectivity index (χ0v) is 12.2. The Labute approximate surface area is 128 Å². The molecule has 2 aromatic heterocycles. The van der Waals surface area contributed by atoms with Crippen LogP contribution in [-0.4, -0.2) is 31.6 Å². The van der Waals surface area contributed by atoms with Gasteiger partial charge in [0.25, 0.3) is 5.56 Å². The van der Waals surface area contributed by atoms with E-state index in [4.69, 9.17) is 0 Å². The third kappa shape index (κ3) is 2.94. The summed E-state index contributed by atoms with van der Waals surface area (Å²) < 4.78 is 39.9. The van der Waals surface area contributed by atoms with Crippen LogP contribution in [0.4, 0.5) is 13.2 Å². The number of aromatic nitrogens is 3. The van der Waals surface area contributed by atoms with Crippen LogP contribution in [0.1, 0.15) is 12.1 Å². The Morgan fingerprint density at radius 2 is 2.00 bits per heavy atom. The van der Waals surface area contributed by atoms with E-state index < -0.39 is 30.8 Å². The molecule has 1 unspecified atom stereocenters. The van der Waals surface area contributed by atoms with Crippen LogP contribution in [0.3, 0.4) is 0 Å². The van der Waals surface area contributed by atoms with E-state index in [1.54, 1.807) is 37.3 Å². The van der Waals surface area contributed by atoms with Gasteiger partial charge in [-0.15, -0.1) is 0 Å². The SMILES string of the molecule is Cc1cc2n(CC(O)CC(F)(F)F)c(=O)c3ccccc3n2n1. The van der Waals surface area contributed by atoms with Crippen LogP contribution in [0.2, 0.25) is 0 Å². The first-order chi connectivity index (χ1) is 10.8. The molecule has 0 aliphatic heterocycles. The highest BCUT2D eigenvalue weighted by atomic mass is 19.4. The first-order valence-corrected chi connectivity index (χ1v) is 6.99. The molecule has 3 aromatic rings. The van der Waals surface area contributed by atoms with Gasteiger partial charge >= 0.3 is 6.18 Å². The highest BCUT2D eigenvalue weighted by Gasteiger charge is 2.31. The molecule has 5 nitrogen and oxygen atoms in total. The molecule has 0 bridgehead atoms. The lowest BCUT2D eigenvalue weighted by atomic mass is 10.2. The van der Waals surface area contributed by atoms with E-state index in [1.165, 1.54) is 4.52 Å². The van der Waals surface area contributed by atoms with Gasteiger partial charge in [0.1, 0.15) is 5.65 Å². The first kappa shape index (κ1) is 15.5. The van der Waals surface area contributed by atoms with Crippen molar-refractivity contribution in [2.24, 2.45) is 0 Å². The summed E-state index contributed by atoms with van der Waals surface area (Å²) in [5.41, 5.74) is 1.10. The maximum Gasteiger partial charge on any atom is 0.391 e. The molecule has 0 radical (unpaired) electrons. The molecule has 122 valence electrons. The van der Waals surface area contributed by atoms with Crippen molar-refractivity contribution in [3.8, 4) is 0 Å². The second-order valence-corrected chi connectivity index (χ2v) is 5.46. The Morgan fingerprint density at radius 1 is 1.30 bits per heavy atom. The lowest BCUT2D eigenvalue weighted by Crippen LogP contribution is -2.31. The number of hydrogen-bond acceptors (Lipinski definition) is 3. The van der Waals surface area contributed by atoms with Crippen molar-refractivity contribution in [1.82, 2.24) is 14.2 Å². The maximum atomic E-state index is 12.6. The number of aliphatic hydroxyl groups is 1. The molecule has 0 saturated heterocycles. The zero-order chi connectivity index (χ0) is 16.8. The van der Waals surface area contributed by atoms with Gasteiger partial charge in [0.05, 0.1) is 35.7 Å². The molecule has 0 fully saturated rings. The Bertz CT molecular complexity index is 927. The van der Waals surface area contributed by atoms with Gasteiger partial charge in [0.2, 0.25) is 0 Å². The Morgan fingerprint density at radius 3 is 2.70 bits per heavy atom. The molecule has 0 aliphatic carbocycles. The Hall–Kier alpha value is -2.35. The summed E-state index contributed by atoms with van der Waals surface area (Å²) in [4.78, 5) is 12.6. The Kier molecular flexibility index (Phi) is 3.63. The fourth-order valence-electron chi connectivity index (χ4n) is 2.66. The number of benzene rings is 1. The van der Waals surface area contributed by atoms with Gasteiger partial charge < -0.3 is 5.11 Å². The number of rotatable bonds is 3. The number of aliphatic hydroxyl groups excluding tert-OH is 1. The predicted molar refractivity (Wildman–Crippen MR) is 78.4 cm³/mol. The summed E-state index contributed by atoms with van der Waals surface area (Å²) >= 11 is 0. The summed E-state index contributed by atoms with van der Waals surface area (Å²) in [5, 5.41) is 14.3. The molecule has 0 aliphatic rings. The third-order valence-corrected chi connectivity index (χ3v) is 3.56. The third-order valence-electron chi connectivity index (χ3n) is 3.56. The number of fused-ring (bicyclic) bond motifs is 3. The molecule has 1 aromatic carbocycles. The maximum absolute atomic E-state index is 12.6. The molecule has 8 heteroatoms. The van der Waals surface area contributed by atoms with Gasteiger partial charge in [-0.3, -0.25) is 9.36 Å². The second-order valence-electron chi connectivity index (χ2n) is 5.46. The molecular weight excluding hydrogens is 311 g/mol. The number of alkyl halides is 3. The van der Waals surface area contributed by atoms with Crippen molar-refractivity contribution in [2.75, 3.05) is 0 Å². The van der Waals surface area contributed by atoms with E-state index in [2.05, 4.69) is 5.10 Å². The summed E-state index contributed by atoms with van der Waals surface area (Å²) in [7, 11) is 0. The number of halogens is 3. The average Bonchev–Trinajstić information content (AvgIpc) is 2.83. The molecular formula is C15H14F3N3O2. The van der Waals surface area contributed by atoms with Crippen molar-refractivity contribution in [1.29, 1.82) is 0 Å². The van der Waals surface area contributed by atoms with Crippen molar-refractivity contribution in [3.05, 3.63) is 46.4 Å². The number of nitrogens with zero attached hydrogens (tertiary/aromatic N) is 3. The van der Waals surface area contributed by atoms with E-state index in [0.29, 0.717) is 22.2 Å². The highest BCUT2D eigenvalue weighted by molar-refractivity contribution is 5.80. The number of hydrogen-bond donors (Lipinski definition) is 1. The first-order valence-electron chi connectivity index (χ1n) is 6.99. The normalized spacial score (nSPS) is 13.8. The van der Waals surface area contributed by atoms with Crippen LogP contribution < -0.4 is 5.56 Å². The summed E-state index contributed by atoms with van der Waals surface area (Å²) in [6.45, 7) is 1.28. The lowest BCUT2D eigenvalue weighted by molar-refractivity contribution is -0.154. The molecule has 1 atom stereocenters. The van der Waals surface area contributed by atoms with Crippen LogP contribution in [-0.2, 0) is 6.54 Å². The van der Waals surface area contributed by atoms with Crippen LogP contribution in [0, 0.1) is 6.92 Å². The smallest absolute Gasteiger partial charge is 0.391 e. The van der Waals surface area contributed by atoms with Gasteiger partial charge in [0, 0.05) is 6.07 Å². The number of para-hydroxylation sites is 1. The van der Waals surface area contributed by atoms with Crippen LogP contribution in [0.5, 0.6) is 0 Å². The molecule has 0 saturated carbocycles. The van der Waals surface area contributed by atoms with Crippen LogP contribution in [0.25, 0.3) is 16.6 Å². The summed E-state index contributed by atoms with van der Waals surface area (Å²) in [5.74, 6) is 0. The van der Waals surface area contributed by atoms with E-state index >= 15 is 0 Å². The van der Waals surface area contributed by atoms with Gasteiger partial charge in [-0.05, 0) is 19.1 Å². The molecule has 0 spiro atoms. The van der Waals surface area contributed by atoms with Gasteiger partial charge in [-0.1, -0.05) is 12.1 Å². The van der Waals surface area contributed by atoms with E-state index in [0.717, 1.165) is 4.57 Å². The quantitative estimate of drug-likeness (QED) is 0.804. The fraction of sp³-hybridized carbons (Fsp3) is 0.333. The standard InChI is InChI=1S/C15H14F3N3O2/c1-9-6-13-20(8-10(22)7-15(16,17)18)14(23)11-4-2-3-5-12(11)21(13)19-9/h2-6,10,22H,7-8H2,1H3. The van der Waals surface area contributed by atoms with E-state index in [9.17, 15) is 23.1 Å². The molecule has 2 heterocycles. The van der Waals surface area contributed by atoms with Gasteiger partial charge in [-0.25, -0.2) is 4.52 Å². The largest absolute Gasteiger partial charge is 0.391 e. The molecule has 1 N–H and O–H groups in total. The molecule has 23 heavy (non-hydrogen) atoms. The Balaban J connectivity index is 2.18. The minimum atomic E-state index is -4.49.